The molecule has 0 aliphatic rings. The van der Waals surface area contributed by atoms with Gasteiger partial charge in [0.25, 0.3) is 0 Å². The van der Waals surface area contributed by atoms with Crippen molar-refractivity contribution in [3.63, 3.8) is 0 Å². The first-order valence-corrected chi connectivity index (χ1v) is 2.71. The molecule has 1 aromatic heterocycles. The zero-order valence-corrected chi connectivity index (χ0v) is 5.39. The van der Waals surface area contributed by atoms with Crippen LogP contribution in [-0.2, 0) is 6.18 Å². The SMILES string of the molecule is [CH2]c1cnc(C(F)(F)F)nc1. The van der Waals surface area contributed by atoms with E-state index in [1.165, 1.54) is 0 Å². The molecule has 0 atom stereocenters. The molecule has 0 saturated carbocycles. The standard InChI is InChI=1S/C6H4F3N2/c1-4-2-10-5(11-3-4)6(7,8)9/h2-3H,1H2. The van der Waals surface area contributed by atoms with Crippen LogP contribution in [0.5, 0.6) is 0 Å². The Hall–Kier alpha value is -1.13. The van der Waals surface area contributed by atoms with Crippen molar-refractivity contribution in [3.05, 3.63) is 30.7 Å². The van der Waals surface area contributed by atoms with Gasteiger partial charge in [0.1, 0.15) is 0 Å². The van der Waals surface area contributed by atoms with E-state index < -0.39 is 12.0 Å². The average molecular weight is 161 g/mol. The first-order valence-electron chi connectivity index (χ1n) is 2.71. The minimum absolute atomic E-state index is 0.359. The Morgan fingerprint density at radius 1 is 1.18 bits per heavy atom. The Balaban J connectivity index is 2.99. The number of rotatable bonds is 0. The van der Waals surface area contributed by atoms with E-state index in [1.54, 1.807) is 0 Å². The van der Waals surface area contributed by atoms with Gasteiger partial charge in [0.15, 0.2) is 0 Å². The van der Waals surface area contributed by atoms with Gasteiger partial charge in [0, 0.05) is 12.4 Å². The molecule has 59 valence electrons. The van der Waals surface area contributed by atoms with Gasteiger partial charge in [-0.25, -0.2) is 9.97 Å². The minimum Gasteiger partial charge on any atom is -0.233 e. The number of aromatic nitrogens is 2. The van der Waals surface area contributed by atoms with Crippen LogP contribution in [-0.4, -0.2) is 9.97 Å². The summed E-state index contributed by atoms with van der Waals surface area (Å²) in [6.07, 6.45) is -2.42. The van der Waals surface area contributed by atoms with Gasteiger partial charge < -0.3 is 0 Å². The van der Waals surface area contributed by atoms with E-state index in [1.807, 2.05) is 0 Å². The number of nitrogens with zero attached hydrogens (tertiary/aromatic N) is 2. The molecule has 0 bridgehead atoms. The van der Waals surface area contributed by atoms with Gasteiger partial charge in [-0.15, -0.1) is 0 Å². The zero-order valence-electron chi connectivity index (χ0n) is 5.39. The Bertz CT molecular complexity index is 239. The highest BCUT2D eigenvalue weighted by atomic mass is 19.4. The largest absolute Gasteiger partial charge is 0.451 e. The van der Waals surface area contributed by atoms with Crippen LogP contribution >= 0.6 is 0 Å². The number of halogens is 3. The zero-order chi connectivity index (χ0) is 8.48. The summed E-state index contributed by atoms with van der Waals surface area (Å²) in [6, 6.07) is 0. The highest BCUT2D eigenvalue weighted by molar-refractivity contribution is 5.08. The lowest BCUT2D eigenvalue weighted by atomic mass is 10.4. The maximum absolute atomic E-state index is 11.8. The van der Waals surface area contributed by atoms with Gasteiger partial charge in [0.2, 0.25) is 5.82 Å². The van der Waals surface area contributed by atoms with Gasteiger partial charge in [-0.05, 0) is 12.5 Å². The van der Waals surface area contributed by atoms with Gasteiger partial charge in [0.05, 0.1) is 0 Å². The number of hydrogen-bond donors (Lipinski definition) is 0. The second-order valence-corrected chi connectivity index (χ2v) is 1.91. The molecule has 0 N–H and O–H groups in total. The van der Waals surface area contributed by atoms with Gasteiger partial charge in [-0.3, -0.25) is 0 Å². The van der Waals surface area contributed by atoms with Crippen molar-refractivity contribution in [1.82, 2.24) is 9.97 Å². The molecule has 0 aliphatic heterocycles. The summed E-state index contributed by atoms with van der Waals surface area (Å²) in [5.41, 5.74) is 0.359. The van der Waals surface area contributed by atoms with Crippen molar-refractivity contribution < 1.29 is 13.2 Å². The Kier molecular flexibility index (Phi) is 1.80. The van der Waals surface area contributed by atoms with Crippen LogP contribution in [0.2, 0.25) is 0 Å². The Morgan fingerprint density at radius 2 is 1.64 bits per heavy atom. The summed E-state index contributed by atoms with van der Waals surface area (Å²) in [7, 11) is 0. The van der Waals surface area contributed by atoms with E-state index >= 15 is 0 Å². The Morgan fingerprint density at radius 3 is 2.00 bits per heavy atom. The highest BCUT2D eigenvalue weighted by Gasteiger charge is 2.33. The third kappa shape index (κ3) is 1.89. The van der Waals surface area contributed by atoms with Gasteiger partial charge in [-0.2, -0.15) is 13.2 Å². The molecule has 0 aromatic carbocycles. The highest BCUT2D eigenvalue weighted by Crippen LogP contribution is 2.25. The van der Waals surface area contributed by atoms with E-state index in [0.29, 0.717) is 5.56 Å². The van der Waals surface area contributed by atoms with Crippen molar-refractivity contribution in [2.24, 2.45) is 0 Å². The van der Waals surface area contributed by atoms with Crippen LogP contribution in [0.4, 0.5) is 13.2 Å². The molecule has 0 saturated heterocycles. The van der Waals surface area contributed by atoms with Crippen LogP contribution in [0.1, 0.15) is 11.4 Å². The topological polar surface area (TPSA) is 25.8 Å². The molecule has 11 heavy (non-hydrogen) atoms. The third-order valence-corrected chi connectivity index (χ3v) is 0.959. The molecule has 1 heterocycles. The summed E-state index contributed by atoms with van der Waals surface area (Å²) in [6.45, 7) is 3.35. The molecule has 0 aliphatic carbocycles. The fourth-order valence-electron chi connectivity index (χ4n) is 0.501. The number of alkyl halides is 3. The summed E-state index contributed by atoms with van der Waals surface area (Å²) >= 11 is 0. The molecule has 2 nitrogen and oxygen atoms in total. The molecule has 1 aromatic rings. The second-order valence-electron chi connectivity index (χ2n) is 1.91. The van der Waals surface area contributed by atoms with Crippen molar-refractivity contribution in [3.8, 4) is 0 Å². The molecule has 0 spiro atoms. The summed E-state index contributed by atoms with van der Waals surface area (Å²) in [4.78, 5) is 6.10. The van der Waals surface area contributed by atoms with E-state index in [9.17, 15) is 13.2 Å². The lowest BCUT2D eigenvalue weighted by molar-refractivity contribution is -0.145. The molecule has 1 rings (SSSR count). The smallest absolute Gasteiger partial charge is 0.233 e. The summed E-state index contributed by atoms with van der Waals surface area (Å²) in [5.74, 6) is -1.13. The molecule has 5 heteroatoms. The van der Waals surface area contributed by atoms with E-state index in [4.69, 9.17) is 0 Å². The van der Waals surface area contributed by atoms with Gasteiger partial charge in [-0.1, -0.05) is 0 Å². The fourth-order valence-corrected chi connectivity index (χ4v) is 0.501. The maximum Gasteiger partial charge on any atom is 0.451 e. The van der Waals surface area contributed by atoms with Crippen LogP contribution in [0.3, 0.4) is 0 Å². The first kappa shape index (κ1) is 7.97. The summed E-state index contributed by atoms with van der Waals surface area (Å²) in [5, 5.41) is 0. The van der Waals surface area contributed by atoms with Crippen molar-refractivity contribution in [1.29, 1.82) is 0 Å². The third-order valence-electron chi connectivity index (χ3n) is 0.959. The predicted molar refractivity (Wildman–Crippen MR) is 31.5 cm³/mol. The van der Waals surface area contributed by atoms with Crippen molar-refractivity contribution >= 4 is 0 Å². The van der Waals surface area contributed by atoms with E-state index in [2.05, 4.69) is 16.9 Å². The average Bonchev–Trinajstić information content (AvgIpc) is 1.86. The van der Waals surface area contributed by atoms with Crippen molar-refractivity contribution in [2.75, 3.05) is 0 Å². The van der Waals surface area contributed by atoms with Crippen LogP contribution in [0.15, 0.2) is 12.4 Å². The predicted octanol–water partition coefficient (Wildman–Crippen LogP) is 1.68. The van der Waals surface area contributed by atoms with Crippen molar-refractivity contribution in [2.45, 2.75) is 6.18 Å². The molecular weight excluding hydrogens is 157 g/mol. The fraction of sp³-hybridized carbons (Fsp3) is 0.167. The van der Waals surface area contributed by atoms with Crippen LogP contribution in [0.25, 0.3) is 0 Å². The molecule has 0 amide bonds. The normalized spacial score (nSPS) is 11.6. The maximum atomic E-state index is 11.8. The molecule has 1 radical (unpaired) electrons. The first-order chi connectivity index (χ1) is 5.00. The monoisotopic (exact) mass is 161 g/mol. The quantitative estimate of drug-likeness (QED) is 0.578. The van der Waals surface area contributed by atoms with E-state index in [0.717, 1.165) is 12.4 Å². The lowest BCUT2D eigenvalue weighted by Crippen LogP contribution is -2.10. The van der Waals surface area contributed by atoms with E-state index in [-0.39, 0.29) is 0 Å². The number of hydrogen-bond acceptors (Lipinski definition) is 2. The van der Waals surface area contributed by atoms with Crippen LogP contribution < -0.4 is 0 Å². The lowest BCUT2D eigenvalue weighted by Gasteiger charge is -2.02. The molecule has 0 fully saturated rings. The Labute approximate surface area is 61.1 Å². The summed E-state index contributed by atoms with van der Waals surface area (Å²) < 4.78 is 35.3. The van der Waals surface area contributed by atoms with Crippen LogP contribution in [0, 0.1) is 6.92 Å². The molecular formula is C6H4F3N2. The minimum atomic E-state index is -4.46. The molecule has 0 unspecified atom stereocenters. The second kappa shape index (κ2) is 2.48. The van der Waals surface area contributed by atoms with Gasteiger partial charge >= 0.3 is 6.18 Å².